The summed E-state index contributed by atoms with van der Waals surface area (Å²) in [7, 11) is 0. The molecular formula is C15H21ClF2N2O2S. The Labute approximate surface area is 144 Å². The predicted molar refractivity (Wildman–Crippen MR) is 89.8 cm³/mol. The zero-order valence-corrected chi connectivity index (χ0v) is 14.4. The second kappa shape index (κ2) is 9.42. The van der Waals surface area contributed by atoms with Crippen molar-refractivity contribution in [2.75, 3.05) is 18.6 Å². The fourth-order valence-electron chi connectivity index (χ4n) is 2.42. The van der Waals surface area contributed by atoms with Crippen LogP contribution in [0.5, 0.6) is 0 Å². The number of hydrogen-bond acceptors (Lipinski definition) is 4. The topological polar surface area (TPSA) is 64.4 Å². The zero-order valence-electron chi connectivity index (χ0n) is 12.8. The van der Waals surface area contributed by atoms with Crippen LogP contribution in [0, 0.1) is 11.6 Å². The number of benzene rings is 1. The number of carbonyl (C=O) groups excluding carboxylic acids is 1. The molecule has 1 aliphatic heterocycles. The van der Waals surface area contributed by atoms with Gasteiger partial charge < -0.3 is 15.8 Å². The molecule has 8 heteroatoms. The highest BCUT2D eigenvalue weighted by Crippen LogP contribution is 2.30. The van der Waals surface area contributed by atoms with Crippen LogP contribution in [-0.2, 0) is 9.53 Å². The van der Waals surface area contributed by atoms with Gasteiger partial charge in [0.1, 0.15) is 6.10 Å². The van der Waals surface area contributed by atoms with E-state index in [1.807, 2.05) is 6.26 Å². The van der Waals surface area contributed by atoms with Gasteiger partial charge in [0.2, 0.25) is 5.91 Å². The van der Waals surface area contributed by atoms with Gasteiger partial charge in [-0.1, -0.05) is 6.07 Å². The summed E-state index contributed by atoms with van der Waals surface area (Å²) in [6.07, 6.45) is 2.68. The molecule has 1 fully saturated rings. The van der Waals surface area contributed by atoms with Gasteiger partial charge in [0, 0.05) is 6.61 Å². The number of amides is 1. The summed E-state index contributed by atoms with van der Waals surface area (Å²) in [5.41, 5.74) is 6.35. The number of nitrogens with one attached hydrogen (secondary N) is 1. The highest BCUT2D eigenvalue weighted by atomic mass is 35.5. The van der Waals surface area contributed by atoms with E-state index in [4.69, 9.17) is 10.5 Å². The van der Waals surface area contributed by atoms with Crippen molar-refractivity contribution < 1.29 is 18.3 Å². The van der Waals surface area contributed by atoms with Gasteiger partial charge in [0.15, 0.2) is 11.6 Å². The SMILES string of the molecule is CSCCC(N)C(=O)NC1CCOC1c1ccc(F)c(F)c1.Cl. The van der Waals surface area contributed by atoms with Gasteiger partial charge in [-0.15, -0.1) is 12.4 Å². The molecule has 1 aromatic carbocycles. The minimum absolute atomic E-state index is 0. The second-order valence-corrected chi connectivity index (χ2v) is 6.24. The average Bonchev–Trinajstić information content (AvgIpc) is 2.95. The first-order valence-corrected chi connectivity index (χ1v) is 8.53. The Bertz CT molecular complexity index is 536. The normalized spacial score (nSPS) is 21.6. The van der Waals surface area contributed by atoms with Crippen molar-refractivity contribution in [1.29, 1.82) is 0 Å². The van der Waals surface area contributed by atoms with E-state index in [-0.39, 0.29) is 24.4 Å². The van der Waals surface area contributed by atoms with Gasteiger partial charge in [-0.3, -0.25) is 4.79 Å². The van der Waals surface area contributed by atoms with Crippen LogP contribution < -0.4 is 11.1 Å². The number of nitrogens with two attached hydrogens (primary N) is 1. The summed E-state index contributed by atoms with van der Waals surface area (Å²) in [6, 6.07) is 2.80. The van der Waals surface area contributed by atoms with E-state index >= 15 is 0 Å². The molecule has 0 bridgehead atoms. The molecule has 0 spiro atoms. The second-order valence-electron chi connectivity index (χ2n) is 5.26. The fourth-order valence-corrected chi connectivity index (χ4v) is 2.91. The van der Waals surface area contributed by atoms with Crippen molar-refractivity contribution in [3.05, 3.63) is 35.4 Å². The van der Waals surface area contributed by atoms with Gasteiger partial charge in [0.25, 0.3) is 0 Å². The number of thioether (sulfide) groups is 1. The van der Waals surface area contributed by atoms with Crippen LogP contribution in [0.1, 0.15) is 24.5 Å². The molecule has 0 radical (unpaired) electrons. The van der Waals surface area contributed by atoms with Crippen molar-refractivity contribution in [3.63, 3.8) is 0 Å². The van der Waals surface area contributed by atoms with E-state index in [1.165, 1.54) is 6.07 Å². The highest BCUT2D eigenvalue weighted by Gasteiger charge is 2.32. The predicted octanol–water partition coefficient (Wildman–Crippen LogP) is 2.41. The first kappa shape index (κ1) is 20.2. The Kier molecular flexibility index (Phi) is 8.25. The minimum Gasteiger partial charge on any atom is -0.371 e. The average molecular weight is 367 g/mol. The van der Waals surface area contributed by atoms with Gasteiger partial charge >= 0.3 is 0 Å². The molecule has 3 N–H and O–H groups in total. The van der Waals surface area contributed by atoms with Gasteiger partial charge in [-0.05, 0) is 42.5 Å². The van der Waals surface area contributed by atoms with Crippen LogP contribution in [-0.4, -0.2) is 36.6 Å². The summed E-state index contributed by atoms with van der Waals surface area (Å²) < 4.78 is 31.9. The number of halogens is 3. The third-order valence-electron chi connectivity index (χ3n) is 3.66. The molecule has 130 valence electrons. The standard InChI is InChI=1S/C15H20F2N2O2S.ClH/c1-22-7-5-12(18)15(20)19-13-4-6-21-14(13)9-2-3-10(16)11(17)8-9;/h2-3,8,12-14H,4-7,18H2,1H3,(H,19,20);1H. The molecule has 0 saturated carbocycles. The largest absolute Gasteiger partial charge is 0.371 e. The molecule has 1 saturated heterocycles. The third kappa shape index (κ3) is 5.31. The Morgan fingerprint density at radius 2 is 2.22 bits per heavy atom. The molecular weight excluding hydrogens is 346 g/mol. The fraction of sp³-hybridized carbons (Fsp3) is 0.533. The highest BCUT2D eigenvalue weighted by molar-refractivity contribution is 7.98. The lowest BCUT2D eigenvalue weighted by Crippen LogP contribution is -2.46. The summed E-state index contributed by atoms with van der Waals surface area (Å²) in [6.45, 7) is 0.453. The molecule has 1 aliphatic rings. The molecule has 2 rings (SSSR count). The Morgan fingerprint density at radius 3 is 2.87 bits per heavy atom. The number of hydrogen-bond donors (Lipinski definition) is 2. The summed E-state index contributed by atoms with van der Waals surface area (Å²) in [5.74, 6) is -1.25. The van der Waals surface area contributed by atoms with Gasteiger partial charge in [-0.2, -0.15) is 11.8 Å². The van der Waals surface area contributed by atoms with E-state index in [0.717, 1.165) is 17.9 Å². The number of ether oxygens (including phenoxy) is 1. The van der Waals surface area contributed by atoms with Crippen LogP contribution in [0.25, 0.3) is 0 Å². The quantitative estimate of drug-likeness (QED) is 0.811. The Morgan fingerprint density at radius 1 is 1.48 bits per heavy atom. The van der Waals surface area contributed by atoms with E-state index in [2.05, 4.69) is 5.32 Å². The lowest BCUT2D eigenvalue weighted by molar-refractivity contribution is -0.123. The molecule has 3 unspecified atom stereocenters. The van der Waals surface area contributed by atoms with Crippen molar-refractivity contribution in [3.8, 4) is 0 Å². The third-order valence-corrected chi connectivity index (χ3v) is 4.31. The monoisotopic (exact) mass is 366 g/mol. The van der Waals surface area contributed by atoms with Crippen molar-refractivity contribution in [2.24, 2.45) is 5.73 Å². The van der Waals surface area contributed by atoms with Crippen LogP contribution >= 0.6 is 24.2 Å². The Balaban J connectivity index is 0.00000264. The first-order valence-electron chi connectivity index (χ1n) is 7.14. The summed E-state index contributed by atoms with van der Waals surface area (Å²) in [4.78, 5) is 12.1. The van der Waals surface area contributed by atoms with E-state index < -0.39 is 23.8 Å². The van der Waals surface area contributed by atoms with Crippen LogP contribution in [0.15, 0.2) is 18.2 Å². The summed E-state index contributed by atoms with van der Waals surface area (Å²) >= 11 is 1.63. The van der Waals surface area contributed by atoms with E-state index in [1.54, 1.807) is 11.8 Å². The maximum absolute atomic E-state index is 13.3. The molecule has 23 heavy (non-hydrogen) atoms. The molecule has 0 aromatic heterocycles. The molecule has 4 nitrogen and oxygen atoms in total. The van der Waals surface area contributed by atoms with Crippen LogP contribution in [0.2, 0.25) is 0 Å². The molecule has 0 aliphatic carbocycles. The first-order chi connectivity index (χ1) is 10.5. The van der Waals surface area contributed by atoms with E-state index in [9.17, 15) is 13.6 Å². The van der Waals surface area contributed by atoms with Gasteiger partial charge in [0.05, 0.1) is 12.1 Å². The molecule has 3 atom stereocenters. The van der Waals surface area contributed by atoms with Crippen LogP contribution in [0.4, 0.5) is 8.78 Å². The smallest absolute Gasteiger partial charge is 0.237 e. The number of rotatable bonds is 6. The lowest BCUT2D eigenvalue weighted by Gasteiger charge is -2.22. The number of carbonyl (C=O) groups is 1. The van der Waals surface area contributed by atoms with E-state index in [0.29, 0.717) is 25.0 Å². The lowest BCUT2D eigenvalue weighted by atomic mass is 10.0. The van der Waals surface area contributed by atoms with Gasteiger partial charge in [-0.25, -0.2) is 8.78 Å². The summed E-state index contributed by atoms with van der Waals surface area (Å²) in [5, 5.41) is 2.86. The maximum atomic E-state index is 13.3. The minimum atomic E-state index is -0.922. The Hall–Kier alpha value is -0.890. The van der Waals surface area contributed by atoms with Crippen molar-refractivity contribution in [1.82, 2.24) is 5.32 Å². The van der Waals surface area contributed by atoms with Crippen molar-refractivity contribution >= 4 is 30.1 Å². The molecule has 1 heterocycles. The van der Waals surface area contributed by atoms with Crippen molar-refractivity contribution in [2.45, 2.75) is 31.0 Å². The maximum Gasteiger partial charge on any atom is 0.237 e. The molecule has 1 amide bonds. The zero-order chi connectivity index (χ0) is 16.1. The molecule has 1 aromatic rings. The van der Waals surface area contributed by atoms with Crippen LogP contribution in [0.3, 0.4) is 0 Å².